The van der Waals surface area contributed by atoms with E-state index in [4.69, 9.17) is 5.26 Å². The highest BCUT2D eigenvalue weighted by atomic mass is 19.4. The lowest BCUT2D eigenvalue weighted by molar-refractivity contribution is -0.158. The summed E-state index contributed by atoms with van der Waals surface area (Å²) in [4.78, 5) is 1.93. The molecule has 18 heavy (non-hydrogen) atoms. The average Bonchev–Trinajstić information content (AvgIpc) is 2.13. The fraction of sp³-hybridized carbons (Fsp3) is 0.917. The lowest BCUT2D eigenvalue weighted by Crippen LogP contribution is -2.43. The van der Waals surface area contributed by atoms with Crippen LogP contribution >= 0.6 is 0 Å². The molecule has 0 bridgehead atoms. The fourth-order valence-electron chi connectivity index (χ4n) is 1.75. The predicted octanol–water partition coefficient (Wildman–Crippen LogP) is 2.25. The van der Waals surface area contributed by atoms with Crippen LogP contribution < -0.4 is 5.32 Å². The van der Waals surface area contributed by atoms with Gasteiger partial charge in [0.25, 0.3) is 0 Å². The normalized spacial score (nSPS) is 15.8. The molecule has 0 aliphatic rings. The molecular weight excluding hydrogens is 243 g/mol. The van der Waals surface area contributed by atoms with Crippen LogP contribution in [0.1, 0.15) is 20.3 Å². The molecule has 0 aromatic carbocycles. The minimum Gasteiger partial charge on any atom is -0.311 e. The number of halogens is 3. The van der Waals surface area contributed by atoms with Gasteiger partial charge in [0.05, 0.1) is 6.07 Å². The molecule has 0 aliphatic carbocycles. The van der Waals surface area contributed by atoms with E-state index in [1.165, 1.54) is 6.07 Å². The monoisotopic (exact) mass is 265 g/mol. The third-order valence-corrected chi connectivity index (χ3v) is 2.50. The van der Waals surface area contributed by atoms with Crippen LogP contribution in [0.5, 0.6) is 0 Å². The molecule has 0 fully saturated rings. The van der Waals surface area contributed by atoms with Gasteiger partial charge in [0.2, 0.25) is 0 Å². The van der Waals surface area contributed by atoms with Crippen molar-refractivity contribution in [1.82, 2.24) is 10.2 Å². The van der Waals surface area contributed by atoms with Gasteiger partial charge in [0, 0.05) is 19.1 Å². The van der Waals surface area contributed by atoms with Crippen molar-refractivity contribution < 1.29 is 13.2 Å². The van der Waals surface area contributed by atoms with E-state index in [0.29, 0.717) is 12.5 Å². The molecule has 0 radical (unpaired) electrons. The Morgan fingerprint density at radius 2 is 1.83 bits per heavy atom. The van der Waals surface area contributed by atoms with Crippen molar-refractivity contribution in [3.8, 4) is 6.07 Å². The summed E-state index contributed by atoms with van der Waals surface area (Å²) in [7, 11) is 3.75. The Morgan fingerprint density at radius 1 is 1.28 bits per heavy atom. The number of nitrogens with one attached hydrogen (secondary N) is 1. The first-order valence-corrected chi connectivity index (χ1v) is 6.01. The van der Waals surface area contributed by atoms with Crippen molar-refractivity contribution in [2.75, 3.05) is 27.2 Å². The topological polar surface area (TPSA) is 39.1 Å². The van der Waals surface area contributed by atoms with Gasteiger partial charge in [-0.1, -0.05) is 13.8 Å². The highest BCUT2D eigenvalue weighted by Crippen LogP contribution is 2.25. The Hall–Kier alpha value is -0.800. The second-order valence-electron chi connectivity index (χ2n) is 5.22. The third-order valence-electron chi connectivity index (χ3n) is 2.50. The summed E-state index contributed by atoms with van der Waals surface area (Å²) in [5, 5.41) is 11.4. The lowest BCUT2D eigenvalue weighted by atomic mass is 10.0. The molecule has 0 aliphatic heterocycles. The second kappa shape index (κ2) is 7.59. The molecule has 0 aromatic heterocycles. The van der Waals surface area contributed by atoms with Crippen LogP contribution in [-0.4, -0.2) is 44.3 Å². The molecule has 0 heterocycles. The largest absolute Gasteiger partial charge is 0.405 e. The van der Waals surface area contributed by atoms with Gasteiger partial charge in [-0.25, -0.2) is 0 Å². The van der Waals surface area contributed by atoms with Crippen LogP contribution in [0.4, 0.5) is 13.2 Å². The zero-order valence-corrected chi connectivity index (χ0v) is 11.4. The van der Waals surface area contributed by atoms with E-state index in [2.05, 4.69) is 5.32 Å². The third kappa shape index (κ3) is 7.51. The lowest BCUT2D eigenvalue weighted by Gasteiger charge is -2.25. The molecule has 0 spiro atoms. The number of hydrogen-bond acceptors (Lipinski definition) is 3. The van der Waals surface area contributed by atoms with E-state index in [-0.39, 0.29) is 12.6 Å². The Bertz CT molecular complexity index is 259. The number of alkyl halides is 3. The number of likely N-dealkylation sites (N-methyl/N-ethyl adjacent to an activating group) is 1. The molecule has 0 rings (SSSR count). The average molecular weight is 265 g/mol. The summed E-state index contributed by atoms with van der Waals surface area (Å²) in [6.07, 6.45) is -3.67. The molecular formula is C12H22F3N3. The van der Waals surface area contributed by atoms with Crippen molar-refractivity contribution in [1.29, 1.82) is 5.26 Å². The maximum absolute atomic E-state index is 12.4. The van der Waals surface area contributed by atoms with Crippen LogP contribution in [0.25, 0.3) is 0 Å². The number of nitrogens with zero attached hydrogens (tertiary/aromatic N) is 2. The van der Waals surface area contributed by atoms with Gasteiger partial charge in [-0.3, -0.25) is 0 Å². The maximum Gasteiger partial charge on any atom is 0.405 e. The van der Waals surface area contributed by atoms with Crippen LogP contribution in [0.15, 0.2) is 0 Å². The Labute approximate surface area is 107 Å². The van der Waals surface area contributed by atoms with Gasteiger partial charge >= 0.3 is 6.18 Å². The van der Waals surface area contributed by atoms with E-state index in [1.807, 2.05) is 32.8 Å². The van der Waals surface area contributed by atoms with Crippen molar-refractivity contribution in [2.45, 2.75) is 32.5 Å². The molecule has 6 heteroatoms. The molecule has 3 nitrogen and oxygen atoms in total. The Balaban J connectivity index is 4.37. The Kier molecular flexibility index (Phi) is 7.26. The predicted molar refractivity (Wildman–Crippen MR) is 65.0 cm³/mol. The molecule has 0 saturated carbocycles. The summed E-state index contributed by atoms with van der Waals surface area (Å²) in [6.45, 7) is 4.37. The first-order valence-electron chi connectivity index (χ1n) is 6.01. The number of nitriles is 1. The molecule has 2 unspecified atom stereocenters. The standard InChI is InChI=1S/C12H22F3N3/c1-9(2)5-11(8-18(3)4)17-7-10(6-16)12(13,14)15/h9-11,17H,5,7-8H2,1-4H3. The summed E-state index contributed by atoms with van der Waals surface area (Å²) in [5.41, 5.74) is 0. The van der Waals surface area contributed by atoms with Crippen molar-refractivity contribution >= 4 is 0 Å². The number of hydrogen-bond donors (Lipinski definition) is 1. The summed E-state index contributed by atoms with van der Waals surface area (Å²) >= 11 is 0. The minimum absolute atomic E-state index is 0.0294. The summed E-state index contributed by atoms with van der Waals surface area (Å²) in [5.74, 6) is -1.54. The van der Waals surface area contributed by atoms with Gasteiger partial charge in [-0.05, 0) is 26.4 Å². The smallest absolute Gasteiger partial charge is 0.311 e. The first-order chi connectivity index (χ1) is 8.16. The maximum atomic E-state index is 12.4. The van der Waals surface area contributed by atoms with Gasteiger partial charge in [-0.2, -0.15) is 18.4 Å². The van der Waals surface area contributed by atoms with Crippen molar-refractivity contribution in [3.05, 3.63) is 0 Å². The minimum atomic E-state index is -4.46. The van der Waals surface area contributed by atoms with Crippen LogP contribution in [0, 0.1) is 23.2 Å². The first kappa shape index (κ1) is 17.2. The highest BCUT2D eigenvalue weighted by Gasteiger charge is 2.39. The molecule has 0 saturated heterocycles. The SMILES string of the molecule is CC(C)CC(CN(C)C)NCC(C#N)C(F)(F)F. The molecule has 0 aromatic rings. The van der Waals surface area contributed by atoms with E-state index < -0.39 is 12.1 Å². The van der Waals surface area contributed by atoms with E-state index in [1.54, 1.807) is 0 Å². The molecule has 0 amide bonds. The highest BCUT2D eigenvalue weighted by molar-refractivity contribution is 4.91. The Morgan fingerprint density at radius 3 is 2.17 bits per heavy atom. The number of rotatable bonds is 7. The quantitative estimate of drug-likeness (QED) is 0.767. The van der Waals surface area contributed by atoms with Gasteiger partial charge in [-0.15, -0.1) is 0 Å². The fourth-order valence-corrected chi connectivity index (χ4v) is 1.75. The summed E-state index contributed by atoms with van der Waals surface area (Å²) < 4.78 is 37.3. The van der Waals surface area contributed by atoms with Crippen molar-refractivity contribution in [3.63, 3.8) is 0 Å². The van der Waals surface area contributed by atoms with Crippen molar-refractivity contribution in [2.24, 2.45) is 11.8 Å². The van der Waals surface area contributed by atoms with Gasteiger partial charge in [0.1, 0.15) is 0 Å². The zero-order valence-electron chi connectivity index (χ0n) is 11.4. The van der Waals surface area contributed by atoms with Crippen LogP contribution in [0.3, 0.4) is 0 Å². The van der Waals surface area contributed by atoms with E-state index >= 15 is 0 Å². The van der Waals surface area contributed by atoms with E-state index in [0.717, 1.165) is 6.42 Å². The molecule has 2 atom stereocenters. The molecule has 1 N–H and O–H groups in total. The van der Waals surface area contributed by atoms with Crippen LogP contribution in [-0.2, 0) is 0 Å². The zero-order chi connectivity index (χ0) is 14.3. The summed E-state index contributed by atoms with van der Waals surface area (Å²) in [6, 6.07) is 1.27. The van der Waals surface area contributed by atoms with Gasteiger partial charge in [0.15, 0.2) is 5.92 Å². The van der Waals surface area contributed by atoms with Crippen LogP contribution in [0.2, 0.25) is 0 Å². The second-order valence-corrected chi connectivity index (χ2v) is 5.22. The van der Waals surface area contributed by atoms with E-state index in [9.17, 15) is 13.2 Å². The molecule has 106 valence electrons. The van der Waals surface area contributed by atoms with Gasteiger partial charge < -0.3 is 10.2 Å².